The van der Waals surface area contributed by atoms with Crippen molar-refractivity contribution >= 4 is 17.5 Å². The number of methoxy groups -OCH3 is 1. The third kappa shape index (κ3) is 6.45. The minimum Gasteiger partial charge on any atom is -0.497 e. The summed E-state index contributed by atoms with van der Waals surface area (Å²) in [4.78, 5) is 29.6. The van der Waals surface area contributed by atoms with Crippen molar-refractivity contribution in [2.45, 2.75) is 13.2 Å². The molecule has 7 heteroatoms. The molecule has 2 N–H and O–H groups in total. The number of para-hydroxylation sites is 1. The van der Waals surface area contributed by atoms with Gasteiger partial charge in [0.15, 0.2) is 0 Å². The van der Waals surface area contributed by atoms with Crippen molar-refractivity contribution in [2.24, 2.45) is 0 Å². The molecule has 3 aromatic carbocycles. The van der Waals surface area contributed by atoms with Crippen molar-refractivity contribution in [3.05, 3.63) is 120 Å². The summed E-state index contributed by atoms with van der Waals surface area (Å²) in [5.74, 6) is 0.798. The highest BCUT2D eigenvalue weighted by molar-refractivity contribution is 6.09. The van der Waals surface area contributed by atoms with Gasteiger partial charge in [0.05, 0.1) is 18.4 Å². The molecule has 4 aromatic rings. The third-order valence-corrected chi connectivity index (χ3v) is 5.28. The van der Waals surface area contributed by atoms with Crippen LogP contribution in [0.5, 0.6) is 11.5 Å². The number of anilines is 1. The summed E-state index contributed by atoms with van der Waals surface area (Å²) in [5, 5.41) is 5.72. The fourth-order valence-electron chi connectivity index (χ4n) is 3.36. The molecular weight excluding hydrogens is 442 g/mol. The number of rotatable bonds is 9. The Morgan fingerprint density at radius 2 is 1.54 bits per heavy atom. The summed E-state index contributed by atoms with van der Waals surface area (Å²) in [7, 11) is 1.57. The molecule has 0 unspecified atom stereocenters. The number of carbonyl (C=O) groups excluding carboxylic acids is 2. The van der Waals surface area contributed by atoms with Crippen LogP contribution in [0.3, 0.4) is 0 Å². The van der Waals surface area contributed by atoms with Crippen LogP contribution in [0.25, 0.3) is 0 Å². The minimum atomic E-state index is -0.310. The first-order valence-electron chi connectivity index (χ1n) is 11.1. The maximum Gasteiger partial charge on any atom is 0.255 e. The highest BCUT2D eigenvalue weighted by Gasteiger charge is 2.14. The first-order valence-corrected chi connectivity index (χ1v) is 11.1. The Hall–Kier alpha value is -4.65. The lowest BCUT2D eigenvalue weighted by molar-refractivity contribution is 0.0952. The van der Waals surface area contributed by atoms with Crippen LogP contribution < -0.4 is 20.1 Å². The monoisotopic (exact) mass is 467 g/mol. The number of pyridine rings is 1. The summed E-state index contributed by atoms with van der Waals surface area (Å²) in [6, 6.07) is 25.0. The van der Waals surface area contributed by atoms with Gasteiger partial charge in [-0.2, -0.15) is 0 Å². The average Bonchev–Trinajstić information content (AvgIpc) is 2.92. The fourth-order valence-corrected chi connectivity index (χ4v) is 3.36. The van der Waals surface area contributed by atoms with Crippen LogP contribution in [0.2, 0.25) is 0 Å². The first-order chi connectivity index (χ1) is 17.1. The number of aromatic nitrogens is 1. The molecule has 0 radical (unpaired) electrons. The van der Waals surface area contributed by atoms with E-state index < -0.39 is 0 Å². The van der Waals surface area contributed by atoms with Gasteiger partial charge in [-0.1, -0.05) is 30.3 Å². The van der Waals surface area contributed by atoms with E-state index in [1.165, 1.54) is 0 Å². The second-order valence-corrected chi connectivity index (χ2v) is 7.70. The van der Waals surface area contributed by atoms with Crippen LogP contribution in [0, 0.1) is 0 Å². The molecule has 1 aromatic heterocycles. The number of hydrogen-bond donors (Lipinski definition) is 2. The lowest BCUT2D eigenvalue weighted by atomic mass is 10.1. The number of benzene rings is 3. The predicted molar refractivity (Wildman–Crippen MR) is 134 cm³/mol. The summed E-state index contributed by atoms with van der Waals surface area (Å²) in [5.41, 5.74) is 3.19. The molecular formula is C28H25N3O4. The highest BCUT2D eigenvalue weighted by Crippen LogP contribution is 2.19. The second kappa shape index (κ2) is 11.5. The van der Waals surface area contributed by atoms with E-state index >= 15 is 0 Å². The maximum absolute atomic E-state index is 12.9. The summed E-state index contributed by atoms with van der Waals surface area (Å²) < 4.78 is 10.9. The van der Waals surface area contributed by atoms with Crippen LogP contribution in [0.15, 0.2) is 97.3 Å². The van der Waals surface area contributed by atoms with Crippen molar-refractivity contribution in [2.75, 3.05) is 12.4 Å². The van der Waals surface area contributed by atoms with Gasteiger partial charge in [-0.25, -0.2) is 0 Å². The molecule has 176 valence electrons. The number of nitrogens with one attached hydrogen (secondary N) is 2. The van der Waals surface area contributed by atoms with Gasteiger partial charge < -0.3 is 20.1 Å². The van der Waals surface area contributed by atoms with E-state index in [2.05, 4.69) is 15.6 Å². The van der Waals surface area contributed by atoms with Gasteiger partial charge in [-0.3, -0.25) is 14.6 Å². The Morgan fingerprint density at radius 3 is 2.26 bits per heavy atom. The van der Waals surface area contributed by atoms with Crippen molar-refractivity contribution < 1.29 is 19.1 Å². The fraction of sp³-hybridized carbons (Fsp3) is 0.107. The molecule has 0 aliphatic heterocycles. The van der Waals surface area contributed by atoms with Gasteiger partial charge in [0.25, 0.3) is 11.8 Å². The Morgan fingerprint density at radius 1 is 0.800 bits per heavy atom. The largest absolute Gasteiger partial charge is 0.497 e. The Balaban J connectivity index is 1.34. The van der Waals surface area contributed by atoms with Crippen molar-refractivity contribution in [1.82, 2.24) is 10.3 Å². The van der Waals surface area contributed by atoms with E-state index in [0.717, 1.165) is 16.9 Å². The van der Waals surface area contributed by atoms with Crippen LogP contribution in [-0.4, -0.2) is 23.9 Å². The molecule has 4 rings (SSSR count). The zero-order chi connectivity index (χ0) is 24.5. The zero-order valence-electron chi connectivity index (χ0n) is 19.2. The number of nitrogens with zero attached hydrogens (tertiary/aromatic N) is 1. The predicted octanol–water partition coefficient (Wildman–Crippen LogP) is 4.85. The molecule has 0 spiro atoms. The molecule has 0 aliphatic carbocycles. The van der Waals surface area contributed by atoms with Crippen LogP contribution in [0.4, 0.5) is 5.69 Å². The molecule has 1 heterocycles. The normalized spacial score (nSPS) is 10.3. The first kappa shape index (κ1) is 23.5. The van der Waals surface area contributed by atoms with Gasteiger partial charge in [0.1, 0.15) is 18.1 Å². The Labute approximate surface area is 203 Å². The molecule has 0 fully saturated rings. The molecule has 0 atom stereocenters. The van der Waals surface area contributed by atoms with Crippen LogP contribution in [0.1, 0.15) is 31.8 Å². The molecule has 0 saturated carbocycles. The molecule has 2 amide bonds. The van der Waals surface area contributed by atoms with E-state index in [4.69, 9.17) is 9.47 Å². The molecule has 0 bridgehead atoms. The van der Waals surface area contributed by atoms with Crippen molar-refractivity contribution in [1.29, 1.82) is 0 Å². The smallest absolute Gasteiger partial charge is 0.255 e. The number of hydrogen-bond acceptors (Lipinski definition) is 5. The van der Waals surface area contributed by atoms with Gasteiger partial charge in [-0.05, 0) is 60.2 Å². The standard InChI is InChI=1S/C28H25N3O4/c1-34-23-14-10-22(11-15-23)27(32)31-26-7-3-2-6-25(26)28(33)30-18-20-8-12-24(13-9-20)35-19-21-5-4-16-29-17-21/h2-17H,18-19H2,1H3,(H,30,33)(H,31,32). The summed E-state index contributed by atoms with van der Waals surface area (Å²) >= 11 is 0. The topological polar surface area (TPSA) is 89.5 Å². The maximum atomic E-state index is 12.9. The van der Waals surface area contributed by atoms with E-state index in [9.17, 15) is 9.59 Å². The number of amides is 2. The lowest BCUT2D eigenvalue weighted by Gasteiger charge is -2.12. The molecule has 35 heavy (non-hydrogen) atoms. The van der Waals surface area contributed by atoms with Gasteiger partial charge >= 0.3 is 0 Å². The number of carbonyl (C=O) groups is 2. The van der Waals surface area contributed by atoms with Gasteiger partial charge in [0, 0.05) is 30.1 Å². The van der Waals surface area contributed by atoms with E-state index in [1.807, 2.05) is 36.4 Å². The lowest BCUT2D eigenvalue weighted by Crippen LogP contribution is -2.24. The zero-order valence-corrected chi connectivity index (χ0v) is 19.2. The van der Waals surface area contributed by atoms with Crippen molar-refractivity contribution in [3.63, 3.8) is 0 Å². The third-order valence-electron chi connectivity index (χ3n) is 5.28. The van der Waals surface area contributed by atoms with E-state index in [-0.39, 0.29) is 11.8 Å². The Bertz CT molecular complexity index is 1270. The molecule has 7 nitrogen and oxygen atoms in total. The van der Waals surface area contributed by atoms with E-state index in [1.54, 1.807) is 68.0 Å². The molecule has 0 saturated heterocycles. The van der Waals surface area contributed by atoms with E-state index in [0.29, 0.717) is 35.7 Å². The van der Waals surface area contributed by atoms with Gasteiger partial charge in [-0.15, -0.1) is 0 Å². The summed E-state index contributed by atoms with van der Waals surface area (Å²) in [6.45, 7) is 0.769. The Kier molecular flexibility index (Phi) is 7.70. The van der Waals surface area contributed by atoms with Gasteiger partial charge in [0.2, 0.25) is 0 Å². The second-order valence-electron chi connectivity index (χ2n) is 7.70. The SMILES string of the molecule is COc1ccc(C(=O)Nc2ccccc2C(=O)NCc2ccc(OCc3cccnc3)cc2)cc1. The van der Waals surface area contributed by atoms with Crippen LogP contribution in [-0.2, 0) is 13.2 Å². The highest BCUT2D eigenvalue weighted by atomic mass is 16.5. The quantitative estimate of drug-likeness (QED) is 0.367. The molecule has 0 aliphatic rings. The van der Waals surface area contributed by atoms with Crippen LogP contribution >= 0.6 is 0 Å². The number of ether oxygens (including phenoxy) is 2. The average molecular weight is 468 g/mol. The van der Waals surface area contributed by atoms with Crippen molar-refractivity contribution in [3.8, 4) is 11.5 Å². The summed E-state index contributed by atoms with van der Waals surface area (Å²) in [6.07, 6.45) is 3.49. The minimum absolute atomic E-state index is 0.285.